The lowest BCUT2D eigenvalue weighted by molar-refractivity contribution is 0.656. The molecule has 0 saturated carbocycles. The number of hydrogen-bond donors (Lipinski definition) is 2. The predicted octanol–water partition coefficient (Wildman–Crippen LogP) is 4.28. The van der Waals surface area contributed by atoms with Crippen molar-refractivity contribution in [3.63, 3.8) is 0 Å². The molecule has 0 saturated heterocycles. The Kier molecular flexibility index (Phi) is 5.21. The minimum atomic E-state index is 0.200. The zero-order valence-corrected chi connectivity index (χ0v) is 16.8. The van der Waals surface area contributed by atoms with Gasteiger partial charge in [-0.2, -0.15) is 5.10 Å². The van der Waals surface area contributed by atoms with Crippen molar-refractivity contribution in [3.05, 3.63) is 83.8 Å². The summed E-state index contributed by atoms with van der Waals surface area (Å²) in [4.78, 5) is 4.43. The number of aromatic nitrogens is 3. The third-order valence-electron chi connectivity index (χ3n) is 5.02. The van der Waals surface area contributed by atoms with Gasteiger partial charge in [-0.3, -0.25) is 0 Å². The number of para-hydroxylation sites is 1. The van der Waals surface area contributed by atoms with Gasteiger partial charge in [0.15, 0.2) is 10.9 Å². The summed E-state index contributed by atoms with van der Waals surface area (Å²) in [7, 11) is 0. The van der Waals surface area contributed by atoms with Crippen LogP contribution in [0, 0.1) is 13.8 Å². The van der Waals surface area contributed by atoms with Crippen LogP contribution in [0.1, 0.15) is 29.3 Å². The molecule has 0 aliphatic heterocycles. The largest absolute Gasteiger partial charge is 0.356 e. The van der Waals surface area contributed by atoms with Crippen LogP contribution in [0.5, 0.6) is 0 Å². The van der Waals surface area contributed by atoms with E-state index in [-0.39, 0.29) is 6.04 Å². The average molecular weight is 390 g/mol. The maximum atomic E-state index is 5.47. The zero-order valence-electron chi connectivity index (χ0n) is 16.0. The second-order valence-corrected chi connectivity index (χ2v) is 7.39. The number of pyridine rings is 1. The molecule has 0 fully saturated rings. The second kappa shape index (κ2) is 7.94. The number of allylic oxidation sites excluding steroid dienone is 1. The van der Waals surface area contributed by atoms with Crippen LogP contribution in [0.25, 0.3) is 5.82 Å². The molecule has 2 N–H and O–H groups in total. The molecule has 3 aromatic rings. The summed E-state index contributed by atoms with van der Waals surface area (Å²) >= 11 is 5.47. The van der Waals surface area contributed by atoms with Crippen molar-refractivity contribution in [3.8, 4) is 5.82 Å². The summed E-state index contributed by atoms with van der Waals surface area (Å²) in [5.41, 5.74) is 4.44. The quantitative estimate of drug-likeness (QED) is 0.515. The Morgan fingerprint density at radius 3 is 2.61 bits per heavy atom. The Labute approximate surface area is 170 Å². The van der Waals surface area contributed by atoms with E-state index in [4.69, 9.17) is 17.3 Å². The Balaban J connectivity index is 1.44. The third-order valence-corrected chi connectivity index (χ3v) is 5.24. The monoisotopic (exact) mass is 389 g/mol. The Bertz CT molecular complexity index is 995. The number of hydrogen-bond acceptors (Lipinski definition) is 3. The molecule has 142 valence electrons. The van der Waals surface area contributed by atoms with Gasteiger partial charge >= 0.3 is 0 Å². The van der Waals surface area contributed by atoms with Gasteiger partial charge in [0.25, 0.3) is 0 Å². The van der Waals surface area contributed by atoms with Crippen LogP contribution in [-0.2, 0) is 0 Å². The van der Waals surface area contributed by atoms with Crippen molar-refractivity contribution in [2.45, 2.75) is 32.2 Å². The summed E-state index contributed by atoms with van der Waals surface area (Å²) in [6.45, 7) is 4.18. The molecule has 2 heterocycles. The lowest BCUT2D eigenvalue weighted by atomic mass is 9.96. The Morgan fingerprint density at radius 1 is 1.07 bits per heavy atom. The van der Waals surface area contributed by atoms with Crippen molar-refractivity contribution in [1.29, 1.82) is 0 Å². The van der Waals surface area contributed by atoms with Gasteiger partial charge in [-0.05, 0) is 56.8 Å². The smallest absolute Gasteiger partial charge is 0.171 e. The lowest BCUT2D eigenvalue weighted by Gasteiger charge is -2.17. The molecule has 0 radical (unpaired) electrons. The van der Waals surface area contributed by atoms with Crippen LogP contribution in [0.15, 0.2) is 66.9 Å². The maximum Gasteiger partial charge on any atom is 0.171 e. The number of anilines is 1. The molecule has 2 atom stereocenters. The first kappa shape index (κ1) is 18.4. The summed E-state index contributed by atoms with van der Waals surface area (Å²) in [5, 5.41) is 12.0. The lowest BCUT2D eigenvalue weighted by Crippen LogP contribution is -2.35. The van der Waals surface area contributed by atoms with Gasteiger partial charge in [0.05, 0.1) is 5.69 Å². The molecule has 1 aromatic carbocycles. The van der Waals surface area contributed by atoms with E-state index >= 15 is 0 Å². The van der Waals surface area contributed by atoms with Crippen LogP contribution < -0.4 is 10.6 Å². The van der Waals surface area contributed by atoms with E-state index in [0.29, 0.717) is 11.0 Å². The molecular weight excluding hydrogens is 366 g/mol. The van der Waals surface area contributed by atoms with Crippen LogP contribution in [0.4, 0.5) is 5.69 Å². The molecule has 1 aliphatic carbocycles. The van der Waals surface area contributed by atoms with E-state index in [1.807, 2.05) is 53.2 Å². The summed E-state index contributed by atoms with van der Waals surface area (Å²) in [5.74, 6) is 1.16. The molecule has 0 spiro atoms. The van der Waals surface area contributed by atoms with E-state index < -0.39 is 0 Å². The number of benzene rings is 1. The third kappa shape index (κ3) is 3.82. The number of thiocarbonyl (C=S) groups is 1. The highest BCUT2D eigenvalue weighted by molar-refractivity contribution is 7.80. The van der Waals surface area contributed by atoms with Crippen molar-refractivity contribution in [2.75, 3.05) is 5.32 Å². The van der Waals surface area contributed by atoms with Crippen molar-refractivity contribution in [2.24, 2.45) is 0 Å². The number of nitrogens with zero attached hydrogens (tertiary/aromatic N) is 3. The summed E-state index contributed by atoms with van der Waals surface area (Å²) in [6, 6.07) is 16.0. The van der Waals surface area contributed by atoms with Gasteiger partial charge in [0.2, 0.25) is 0 Å². The van der Waals surface area contributed by atoms with Gasteiger partial charge in [0.1, 0.15) is 0 Å². The fraction of sp³-hybridized carbons (Fsp3) is 0.227. The molecule has 0 unspecified atom stereocenters. The minimum absolute atomic E-state index is 0.200. The number of nitrogens with one attached hydrogen (secondary N) is 2. The van der Waals surface area contributed by atoms with Gasteiger partial charge in [0, 0.05) is 35.1 Å². The Morgan fingerprint density at radius 2 is 1.86 bits per heavy atom. The molecular formula is C22H23N5S. The fourth-order valence-corrected chi connectivity index (χ4v) is 4.04. The van der Waals surface area contributed by atoms with Crippen molar-refractivity contribution >= 4 is 23.0 Å². The normalized spacial score (nSPS) is 18.2. The van der Waals surface area contributed by atoms with E-state index in [1.54, 1.807) is 6.20 Å². The SMILES string of the molecule is Cc1nn(-c2ccccn2)c(C)c1[C@@H]1C=C[C@@H](NC(=S)Nc2ccccc2)C1. The fourth-order valence-electron chi connectivity index (χ4n) is 3.77. The molecule has 1 aliphatic rings. The maximum absolute atomic E-state index is 5.47. The van der Waals surface area contributed by atoms with Crippen LogP contribution in [-0.4, -0.2) is 25.9 Å². The van der Waals surface area contributed by atoms with E-state index in [2.05, 4.69) is 41.6 Å². The van der Waals surface area contributed by atoms with E-state index in [1.165, 1.54) is 5.56 Å². The van der Waals surface area contributed by atoms with Crippen molar-refractivity contribution < 1.29 is 0 Å². The standard InChI is InChI=1S/C22H23N5S/c1-15-21(16(2)27(26-15)20-10-6-7-13-23-20)17-11-12-19(14-17)25-22(28)24-18-8-4-3-5-9-18/h3-13,17,19H,14H2,1-2H3,(H2,24,25,28)/t17-,19-/m1/s1. The second-order valence-electron chi connectivity index (χ2n) is 6.98. The molecule has 0 bridgehead atoms. The topological polar surface area (TPSA) is 54.8 Å². The predicted molar refractivity (Wildman–Crippen MR) is 117 cm³/mol. The highest BCUT2D eigenvalue weighted by Gasteiger charge is 2.26. The van der Waals surface area contributed by atoms with Gasteiger partial charge in [-0.25, -0.2) is 9.67 Å². The molecule has 28 heavy (non-hydrogen) atoms. The van der Waals surface area contributed by atoms with Gasteiger partial charge in [-0.15, -0.1) is 0 Å². The zero-order chi connectivity index (χ0) is 19.5. The van der Waals surface area contributed by atoms with Crippen LogP contribution in [0.2, 0.25) is 0 Å². The first-order chi connectivity index (χ1) is 13.6. The first-order valence-electron chi connectivity index (χ1n) is 9.40. The van der Waals surface area contributed by atoms with Gasteiger partial charge < -0.3 is 10.6 Å². The first-order valence-corrected chi connectivity index (χ1v) is 9.81. The highest BCUT2D eigenvalue weighted by atomic mass is 32.1. The average Bonchev–Trinajstić information content (AvgIpc) is 3.26. The number of aryl methyl sites for hydroxylation is 1. The molecule has 6 heteroatoms. The van der Waals surface area contributed by atoms with Crippen LogP contribution >= 0.6 is 12.2 Å². The molecule has 4 rings (SSSR count). The Hall–Kier alpha value is -2.99. The summed E-state index contributed by atoms with van der Waals surface area (Å²) in [6.07, 6.45) is 7.19. The van der Waals surface area contributed by atoms with Crippen LogP contribution in [0.3, 0.4) is 0 Å². The van der Waals surface area contributed by atoms with Crippen molar-refractivity contribution in [1.82, 2.24) is 20.1 Å². The summed E-state index contributed by atoms with van der Waals surface area (Å²) < 4.78 is 1.93. The minimum Gasteiger partial charge on any atom is -0.356 e. The van der Waals surface area contributed by atoms with Gasteiger partial charge in [-0.1, -0.05) is 36.4 Å². The van der Waals surface area contributed by atoms with E-state index in [0.717, 1.165) is 29.3 Å². The molecule has 0 amide bonds. The number of rotatable bonds is 4. The van der Waals surface area contributed by atoms with E-state index in [9.17, 15) is 0 Å². The molecule has 2 aromatic heterocycles. The highest BCUT2D eigenvalue weighted by Crippen LogP contribution is 2.33. The molecule has 5 nitrogen and oxygen atoms in total.